The molecule has 1 saturated carbocycles. The van der Waals surface area contributed by atoms with E-state index in [9.17, 15) is 0 Å². The first kappa shape index (κ1) is 12.4. The summed E-state index contributed by atoms with van der Waals surface area (Å²) >= 11 is 0. The van der Waals surface area contributed by atoms with Crippen LogP contribution in [0.1, 0.15) is 58.8 Å². The van der Waals surface area contributed by atoms with E-state index in [1.54, 1.807) is 0 Å². The first-order valence-electron chi connectivity index (χ1n) is 7.01. The van der Waals surface area contributed by atoms with Crippen molar-refractivity contribution in [2.45, 2.75) is 70.4 Å². The fourth-order valence-electron chi connectivity index (χ4n) is 3.54. The number of hydrogen-bond acceptors (Lipinski definition) is 2. The Kier molecular flexibility index (Phi) is 3.91. The third kappa shape index (κ3) is 2.78. The molecule has 0 amide bonds. The zero-order valence-electron chi connectivity index (χ0n) is 10.9. The van der Waals surface area contributed by atoms with Crippen LogP contribution in [0.4, 0.5) is 0 Å². The average Bonchev–Trinajstić information content (AvgIpc) is 2.65. The van der Waals surface area contributed by atoms with Crippen LogP contribution < -0.4 is 5.73 Å². The molecule has 1 heterocycles. The Morgan fingerprint density at radius 2 is 2.00 bits per heavy atom. The molecule has 0 aromatic rings. The van der Waals surface area contributed by atoms with Gasteiger partial charge < -0.3 is 10.5 Å². The second-order valence-electron chi connectivity index (χ2n) is 6.28. The molecule has 1 saturated heterocycles. The summed E-state index contributed by atoms with van der Waals surface area (Å²) in [5.74, 6) is 1.42. The Morgan fingerprint density at radius 3 is 2.62 bits per heavy atom. The van der Waals surface area contributed by atoms with Crippen LogP contribution in [0.25, 0.3) is 0 Å². The summed E-state index contributed by atoms with van der Waals surface area (Å²) in [6.45, 7) is 5.48. The lowest BCUT2D eigenvalue weighted by molar-refractivity contribution is -0.0968. The molecule has 2 nitrogen and oxygen atoms in total. The minimum Gasteiger partial charge on any atom is -0.375 e. The minimum absolute atomic E-state index is 0.234. The quantitative estimate of drug-likeness (QED) is 0.801. The molecule has 2 heteroatoms. The minimum atomic E-state index is 0.234. The molecule has 1 spiro atoms. The zero-order chi connectivity index (χ0) is 11.6. The van der Waals surface area contributed by atoms with Crippen LogP contribution in [0.2, 0.25) is 0 Å². The van der Waals surface area contributed by atoms with Gasteiger partial charge in [0.05, 0.1) is 5.60 Å². The van der Waals surface area contributed by atoms with Gasteiger partial charge in [-0.3, -0.25) is 0 Å². The molecular formula is C14H27NO. The number of rotatable bonds is 3. The summed E-state index contributed by atoms with van der Waals surface area (Å²) in [4.78, 5) is 0. The molecule has 2 rings (SSSR count). The van der Waals surface area contributed by atoms with Gasteiger partial charge in [0, 0.05) is 12.6 Å². The molecule has 2 atom stereocenters. The van der Waals surface area contributed by atoms with E-state index in [0.717, 1.165) is 12.5 Å². The smallest absolute Gasteiger partial charge is 0.0685 e. The zero-order valence-corrected chi connectivity index (χ0v) is 10.9. The van der Waals surface area contributed by atoms with E-state index < -0.39 is 0 Å². The summed E-state index contributed by atoms with van der Waals surface area (Å²) in [6.07, 6.45) is 8.82. The SMILES string of the molecule is CC(C)CC(N)C1CCOC2(CCCC2)C1. The molecule has 2 aliphatic rings. The normalized spacial score (nSPS) is 31.1. The third-order valence-corrected chi connectivity index (χ3v) is 4.39. The van der Waals surface area contributed by atoms with Gasteiger partial charge in [-0.15, -0.1) is 0 Å². The summed E-state index contributed by atoms with van der Waals surface area (Å²) in [7, 11) is 0. The highest BCUT2D eigenvalue weighted by Gasteiger charge is 2.41. The third-order valence-electron chi connectivity index (χ3n) is 4.39. The largest absolute Gasteiger partial charge is 0.375 e. The molecule has 2 fully saturated rings. The van der Waals surface area contributed by atoms with Gasteiger partial charge >= 0.3 is 0 Å². The monoisotopic (exact) mass is 225 g/mol. The van der Waals surface area contributed by atoms with Crippen molar-refractivity contribution < 1.29 is 4.74 Å². The van der Waals surface area contributed by atoms with Crippen LogP contribution in [0, 0.1) is 11.8 Å². The van der Waals surface area contributed by atoms with Gasteiger partial charge in [0.25, 0.3) is 0 Å². The summed E-state index contributed by atoms with van der Waals surface area (Å²) in [5, 5.41) is 0. The van der Waals surface area contributed by atoms with Crippen molar-refractivity contribution in [1.82, 2.24) is 0 Å². The molecule has 0 aromatic heterocycles. The molecule has 2 N–H and O–H groups in total. The highest BCUT2D eigenvalue weighted by molar-refractivity contribution is 4.93. The Hall–Kier alpha value is -0.0800. The molecule has 2 unspecified atom stereocenters. The van der Waals surface area contributed by atoms with Gasteiger partial charge in [-0.25, -0.2) is 0 Å². The molecule has 94 valence electrons. The van der Waals surface area contributed by atoms with E-state index in [4.69, 9.17) is 10.5 Å². The van der Waals surface area contributed by atoms with Crippen molar-refractivity contribution in [3.05, 3.63) is 0 Å². The number of hydrogen-bond donors (Lipinski definition) is 1. The predicted octanol–water partition coefficient (Wildman–Crippen LogP) is 3.10. The fraction of sp³-hybridized carbons (Fsp3) is 1.00. The number of nitrogens with two attached hydrogens (primary N) is 1. The Morgan fingerprint density at radius 1 is 1.31 bits per heavy atom. The van der Waals surface area contributed by atoms with Crippen molar-refractivity contribution >= 4 is 0 Å². The van der Waals surface area contributed by atoms with Gasteiger partial charge in [0.1, 0.15) is 0 Å². The van der Waals surface area contributed by atoms with Gasteiger partial charge in [-0.05, 0) is 43.9 Å². The lowest BCUT2D eigenvalue weighted by atomic mass is 9.79. The fourth-order valence-corrected chi connectivity index (χ4v) is 3.54. The maximum absolute atomic E-state index is 6.34. The molecule has 1 aliphatic heterocycles. The van der Waals surface area contributed by atoms with Crippen molar-refractivity contribution in [2.24, 2.45) is 17.6 Å². The van der Waals surface area contributed by atoms with E-state index in [1.807, 2.05) is 0 Å². The average molecular weight is 225 g/mol. The van der Waals surface area contributed by atoms with E-state index in [1.165, 1.54) is 44.9 Å². The van der Waals surface area contributed by atoms with Gasteiger partial charge in [0.15, 0.2) is 0 Å². The van der Waals surface area contributed by atoms with Crippen LogP contribution in [0.5, 0.6) is 0 Å². The first-order chi connectivity index (χ1) is 7.61. The first-order valence-corrected chi connectivity index (χ1v) is 7.01. The topological polar surface area (TPSA) is 35.2 Å². The maximum Gasteiger partial charge on any atom is 0.0685 e. The van der Waals surface area contributed by atoms with Crippen LogP contribution in [-0.4, -0.2) is 18.2 Å². The van der Waals surface area contributed by atoms with Crippen LogP contribution in [-0.2, 0) is 4.74 Å². The van der Waals surface area contributed by atoms with E-state index in [2.05, 4.69) is 13.8 Å². The second-order valence-corrected chi connectivity index (χ2v) is 6.28. The lowest BCUT2D eigenvalue weighted by Crippen LogP contribution is -2.44. The highest BCUT2D eigenvalue weighted by atomic mass is 16.5. The molecule has 1 aliphatic carbocycles. The van der Waals surface area contributed by atoms with Crippen molar-refractivity contribution in [3.63, 3.8) is 0 Å². The predicted molar refractivity (Wildman–Crippen MR) is 67.3 cm³/mol. The van der Waals surface area contributed by atoms with Crippen LogP contribution in [0.15, 0.2) is 0 Å². The lowest BCUT2D eigenvalue weighted by Gasteiger charge is -2.40. The van der Waals surface area contributed by atoms with E-state index in [-0.39, 0.29) is 5.60 Å². The molecule has 0 bridgehead atoms. The summed E-state index contributed by atoms with van der Waals surface area (Å²) in [6, 6.07) is 0.390. The van der Waals surface area contributed by atoms with Crippen molar-refractivity contribution in [2.75, 3.05) is 6.61 Å². The maximum atomic E-state index is 6.34. The molecular weight excluding hydrogens is 198 g/mol. The van der Waals surface area contributed by atoms with Crippen LogP contribution >= 0.6 is 0 Å². The molecule has 0 aromatic carbocycles. The highest BCUT2D eigenvalue weighted by Crippen LogP contribution is 2.43. The Bertz CT molecular complexity index is 221. The van der Waals surface area contributed by atoms with Crippen LogP contribution in [0.3, 0.4) is 0 Å². The Labute approximate surface area is 99.9 Å². The van der Waals surface area contributed by atoms with E-state index >= 15 is 0 Å². The Balaban J connectivity index is 1.90. The van der Waals surface area contributed by atoms with Crippen molar-refractivity contribution in [3.8, 4) is 0 Å². The van der Waals surface area contributed by atoms with Crippen molar-refractivity contribution in [1.29, 1.82) is 0 Å². The molecule has 0 radical (unpaired) electrons. The number of ether oxygens (including phenoxy) is 1. The summed E-state index contributed by atoms with van der Waals surface area (Å²) < 4.78 is 6.06. The second kappa shape index (κ2) is 5.05. The van der Waals surface area contributed by atoms with Gasteiger partial charge in [-0.2, -0.15) is 0 Å². The standard InChI is InChI=1S/C14H27NO/c1-11(2)9-13(15)12-5-8-16-14(10-12)6-3-4-7-14/h11-13H,3-10,15H2,1-2H3. The summed E-state index contributed by atoms with van der Waals surface area (Å²) in [5.41, 5.74) is 6.58. The van der Waals surface area contributed by atoms with Gasteiger partial charge in [0.2, 0.25) is 0 Å². The van der Waals surface area contributed by atoms with Gasteiger partial charge in [-0.1, -0.05) is 26.7 Å². The van der Waals surface area contributed by atoms with E-state index in [0.29, 0.717) is 12.0 Å². The molecule has 16 heavy (non-hydrogen) atoms.